The maximum atomic E-state index is 10.9. The first-order valence-electron chi connectivity index (χ1n) is 8.00. The summed E-state index contributed by atoms with van der Waals surface area (Å²) in [6, 6.07) is 19.6. The van der Waals surface area contributed by atoms with E-state index in [9.17, 15) is 4.79 Å². The number of allylic oxidation sites excluding steroid dienone is 1. The third-order valence-electron chi connectivity index (χ3n) is 3.57. The van der Waals surface area contributed by atoms with Gasteiger partial charge in [-0.2, -0.15) is 0 Å². The molecule has 0 bridgehead atoms. The minimum absolute atomic E-state index is 0.0608. The van der Waals surface area contributed by atoms with E-state index >= 15 is 0 Å². The number of hydrogen-bond donors (Lipinski definition) is 1. The van der Waals surface area contributed by atoms with Crippen LogP contribution in [0.25, 0.3) is 0 Å². The second kappa shape index (κ2) is 10.2. The smallest absolute Gasteiger partial charge is 0.146 e. The number of benzene rings is 2. The highest BCUT2D eigenvalue weighted by atomic mass is 16.5. The first-order valence-corrected chi connectivity index (χ1v) is 8.00. The molecule has 0 saturated heterocycles. The first-order chi connectivity index (χ1) is 11.8. The fraction of sp³-hybridized carbons (Fsp3) is 0.250. The van der Waals surface area contributed by atoms with Crippen LogP contribution in [-0.4, -0.2) is 32.6 Å². The number of ether oxygens (including phenoxy) is 2. The van der Waals surface area contributed by atoms with Crippen molar-refractivity contribution in [2.24, 2.45) is 0 Å². The third kappa shape index (κ3) is 5.89. The number of rotatable bonds is 10. The zero-order chi connectivity index (χ0) is 17.0. The zero-order valence-corrected chi connectivity index (χ0v) is 13.9. The molecule has 0 spiro atoms. The summed E-state index contributed by atoms with van der Waals surface area (Å²) in [5.41, 5.74) is 1.18. The van der Waals surface area contributed by atoms with Crippen LogP contribution < -0.4 is 10.1 Å². The highest BCUT2D eigenvalue weighted by Crippen LogP contribution is 2.12. The average Bonchev–Trinajstić information content (AvgIpc) is 2.64. The Hall–Kier alpha value is -2.59. The van der Waals surface area contributed by atoms with Crippen LogP contribution in [0.1, 0.15) is 5.56 Å². The lowest BCUT2D eigenvalue weighted by Gasteiger charge is -2.20. The van der Waals surface area contributed by atoms with Crippen molar-refractivity contribution in [1.29, 1.82) is 0 Å². The molecule has 0 heterocycles. The molecule has 1 atom stereocenters. The van der Waals surface area contributed by atoms with Crippen molar-refractivity contribution in [3.05, 3.63) is 78.1 Å². The van der Waals surface area contributed by atoms with Crippen molar-refractivity contribution in [2.75, 3.05) is 20.3 Å². The summed E-state index contributed by atoms with van der Waals surface area (Å²) in [5, 5.41) is 3.20. The van der Waals surface area contributed by atoms with Gasteiger partial charge in [-0.05, 0) is 31.2 Å². The lowest BCUT2D eigenvalue weighted by Crippen LogP contribution is -2.31. The molecule has 0 aromatic heterocycles. The summed E-state index contributed by atoms with van der Waals surface area (Å²) in [7, 11) is 1.86. The van der Waals surface area contributed by atoms with E-state index < -0.39 is 0 Å². The van der Waals surface area contributed by atoms with Crippen LogP contribution in [-0.2, 0) is 16.0 Å². The monoisotopic (exact) mass is 325 g/mol. The molecular weight excluding hydrogens is 302 g/mol. The van der Waals surface area contributed by atoms with Gasteiger partial charge in [0.1, 0.15) is 31.0 Å². The van der Waals surface area contributed by atoms with Crippen LogP contribution in [0, 0.1) is 0 Å². The summed E-state index contributed by atoms with van der Waals surface area (Å²) in [6.45, 7) is 0.795. The van der Waals surface area contributed by atoms with Gasteiger partial charge in [0.25, 0.3) is 0 Å². The van der Waals surface area contributed by atoms with Gasteiger partial charge < -0.3 is 14.8 Å². The molecule has 126 valence electrons. The van der Waals surface area contributed by atoms with E-state index in [1.54, 1.807) is 0 Å². The molecule has 0 fully saturated rings. The molecule has 2 rings (SSSR count). The minimum Gasteiger partial charge on any atom is -0.493 e. The maximum absolute atomic E-state index is 10.9. The lowest BCUT2D eigenvalue weighted by atomic mass is 10.0. The van der Waals surface area contributed by atoms with Gasteiger partial charge in [0.05, 0.1) is 6.04 Å². The molecular formula is C20H23NO3. The summed E-state index contributed by atoms with van der Waals surface area (Å²) in [4.78, 5) is 10.9. The minimum atomic E-state index is -0.0608. The molecule has 0 aliphatic rings. The fourth-order valence-electron chi connectivity index (χ4n) is 2.36. The second-order valence-electron chi connectivity index (χ2n) is 5.25. The summed E-state index contributed by atoms with van der Waals surface area (Å²) >= 11 is 0. The molecule has 0 radical (unpaired) electrons. The van der Waals surface area contributed by atoms with Gasteiger partial charge in [0.2, 0.25) is 0 Å². The molecule has 1 unspecified atom stereocenters. The lowest BCUT2D eigenvalue weighted by molar-refractivity contribution is -0.104. The normalized spacial score (nSPS) is 12.5. The van der Waals surface area contributed by atoms with E-state index in [0.29, 0.717) is 19.0 Å². The van der Waals surface area contributed by atoms with Gasteiger partial charge in [0.15, 0.2) is 0 Å². The standard InChI is InChI=1S/C20H23NO3/c1-21-19(16-17-8-4-2-5-9-17)20(12-13-22)24-15-14-23-18-10-6-3-7-11-18/h2-13,19,21H,14-16H2,1H3/b20-12+. The van der Waals surface area contributed by atoms with Gasteiger partial charge in [-0.25, -0.2) is 0 Å². The molecule has 2 aromatic rings. The zero-order valence-electron chi connectivity index (χ0n) is 13.9. The van der Waals surface area contributed by atoms with Gasteiger partial charge in [-0.1, -0.05) is 48.5 Å². The van der Waals surface area contributed by atoms with E-state index in [1.165, 1.54) is 11.6 Å². The largest absolute Gasteiger partial charge is 0.493 e. The highest BCUT2D eigenvalue weighted by Gasteiger charge is 2.14. The summed E-state index contributed by atoms with van der Waals surface area (Å²) in [6.07, 6.45) is 2.96. The maximum Gasteiger partial charge on any atom is 0.146 e. The average molecular weight is 325 g/mol. The second-order valence-corrected chi connectivity index (χ2v) is 5.25. The summed E-state index contributed by atoms with van der Waals surface area (Å²) in [5.74, 6) is 1.42. The number of nitrogens with one attached hydrogen (secondary N) is 1. The van der Waals surface area contributed by atoms with E-state index in [2.05, 4.69) is 17.4 Å². The Bertz CT molecular complexity index is 626. The molecule has 0 aliphatic carbocycles. The molecule has 1 N–H and O–H groups in total. The molecule has 4 nitrogen and oxygen atoms in total. The Labute approximate surface area is 143 Å². The topological polar surface area (TPSA) is 47.6 Å². The van der Waals surface area contributed by atoms with E-state index in [1.807, 2.05) is 55.6 Å². The van der Waals surface area contributed by atoms with Crippen LogP contribution >= 0.6 is 0 Å². The Morgan fingerprint density at radius 1 is 1.04 bits per heavy atom. The van der Waals surface area contributed by atoms with Gasteiger partial charge in [-0.15, -0.1) is 0 Å². The van der Waals surface area contributed by atoms with Crippen LogP contribution in [0.5, 0.6) is 5.75 Å². The molecule has 2 aromatic carbocycles. The van der Waals surface area contributed by atoms with Crippen molar-refractivity contribution in [2.45, 2.75) is 12.5 Å². The molecule has 0 aliphatic heterocycles. The van der Waals surface area contributed by atoms with E-state index in [4.69, 9.17) is 9.47 Å². The van der Waals surface area contributed by atoms with Crippen LogP contribution in [0.3, 0.4) is 0 Å². The first kappa shape index (κ1) is 17.8. The van der Waals surface area contributed by atoms with E-state index in [-0.39, 0.29) is 6.04 Å². The molecule has 24 heavy (non-hydrogen) atoms. The quantitative estimate of drug-likeness (QED) is 0.316. The molecule has 0 saturated carbocycles. The number of carbonyl (C=O) groups is 1. The van der Waals surface area contributed by atoms with Crippen molar-refractivity contribution >= 4 is 6.29 Å². The van der Waals surface area contributed by atoms with Gasteiger partial charge >= 0.3 is 0 Å². The SMILES string of the molecule is CNC(Cc1ccccc1)/C(=C\C=O)OCCOc1ccccc1. The van der Waals surface area contributed by atoms with Crippen LogP contribution in [0.4, 0.5) is 0 Å². The van der Waals surface area contributed by atoms with Gasteiger partial charge in [-0.3, -0.25) is 4.79 Å². The number of likely N-dealkylation sites (N-methyl/N-ethyl adjacent to an activating group) is 1. The predicted octanol–water partition coefficient (Wildman–Crippen LogP) is 3.00. The Morgan fingerprint density at radius 3 is 2.33 bits per heavy atom. The highest BCUT2D eigenvalue weighted by molar-refractivity contribution is 5.65. The van der Waals surface area contributed by atoms with Crippen molar-refractivity contribution in [3.8, 4) is 5.75 Å². The number of carbonyl (C=O) groups excluding carboxylic acids is 1. The molecule has 4 heteroatoms. The van der Waals surface area contributed by atoms with E-state index in [0.717, 1.165) is 18.5 Å². The summed E-state index contributed by atoms with van der Waals surface area (Å²) < 4.78 is 11.4. The van der Waals surface area contributed by atoms with Crippen LogP contribution in [0.2, 0.25) is 0 Å². The Morgan fingerprint density at radius 2 is 1.71 bits per heavy atom. The predicted molar refractivity (Wildman–Crippen MR) is 95.0 cm³/mol. The van der Waals surface area contributed by atoms with Crippen molar-refractivity contribution in [1.82, 2.24) is 5.32 Å². The van der Waals surface area contributed by atoms with Gasteiger partial charge in [0, 0.05) is 6.08 Å². The Kier molecular flexibility index (Phi) is 7.57. The number of hydrogen-bond acceptors (Lipinski definition) is 4. The molecule has 0 amide bonds. The van der Waals surface area contributed by atoms with Crippen LogP contribution in [0.15, 0.2) is 72.5 Å². The fourth-order valence-corrected chi connectivity index (χ4v) is 2.36. The van der Waals surface area contributed by atoms with Crippen molar-refractivity contribution < 1.29 is 14.3 Å². The Balaban J connectivity index is 1.87. The number of aldehydes is 1. The third-order valence-corrected chi connectivity index (χ3v) is 3.57. The van der Waals surface area contributed by atoms with Crippen molar-refractivity contribution in [3.63, 3.8) is 0 Å². The number of para-hydroxylation sites is 1.